The van der Waals surface area contributed by atoms with Gasteiger partial charge in [-0.2, -0.15) is 0 Å². The summed E-state index contributed by atoms with van der Waals surface area (Å²) < 4.78 is 5.31. The molecule has 1 aliphatic rings. The molecule has 0 heterocycles. The highest BCUT2D eigenvalue weighted by atomic mass is 16.5. The summed E-state index contributed by atoms with van der Waals surface area (Å²) in [5.41, 5.74) is 2.67. The summed E-state index contributed by atoms with van der Waals surface area (Å²) in [6.45, 7) is 3.26. The van der Waals surface area contributed by atoms with E-state index < -0.39 is 0 Å². The third kappa shape index (κ3) is 3.26. The third-order valence-corrected chi connectivity index (χ3v) is 4.24. The van der Waals surface area contributed by atoms with Crippen LogP contribution in [0.5, 0.6) is 5.75 Å². The number of quaternary nitrogens is 1. The fraction of sp³-hybridized carbons (Fsp3) is 0.625. The predicted octanol–water partition coefficient (Wildman–Crippen LogP) is 2.35. The van der Waals surface area contributed by atoms with Crippen molar-refractivity contribution >= 4 is 0 Å². The lowest BCUT2D eigenvalue weighted by molar-refractivity contribution is -0.921. The van der Waals surface area contributed by atoms with Gasteiger partial charge in [0.1, 0.15) is 12.3 Å². The van der Waals surface area contributed by atoms with Crippen LogP contribution in [0.4, 0.5) is 0 Å². The Morgan fingerprint density at radius 2 is 1.94 bits per heavy atom. The van der Waals surface area contributed by atoms with Gasteiger partial charge < -0.3 is 9.64 Å². The molecule has 0 aliphatic heterocycles. The highest BCUT2D eigenvalue weighted by molar-refractivity contribution is 5.35. The number of ether oxygens (including phenoxy) is 1. The molecule has 1 N–H and O–H groups in total. The van der Waals surface area contributed by atoms with Gasteiger partial charge in [0.15, 0.2) is 0 Å². The molecule has 100 valence electrons. The van der Waals surface area contributed by atoms with Crippen molar-refractivity contribution in [2.45, 2.75) is 51.6 Å². The zero-order valence-corrected chi connectivity index (χ0v) is 12.0. The zero-order valence-electron chi connectivity index (χ0n) is 12.0. The van der Waals surface area contributed by atoms with E-state index in [1.54, 1.807) is 12.0 Å². The summed E-state index contributed by atoms with van der Waals surface area (Å²) in [6.07, 6.45) is 7.08. The van der Waals surface area contributed by atoms with Gasteiger partial charge in [0.05, 0.1) is 20.2 Å². The van der Waals surface area contributed by atoms with Crippen LogP contribution in [0.3, 0.4) is 0 Å². The number of nitrogens with one attached hydrogen (secondary N) is 1. The molecule has 1 aromatic rings. The fourth-order valence-electron chi connectivity index (χ4n) is 3.11. The Labute approximate surface area is 111 Å². The van der Waals surface area contributed by atoms with Crippen molar-refractivity contribution in [1.29, 1.82) is 0 Å². The number of aryl methyl sites for hydroxylation is 1. The van der Waals surface area contributed by atoms with E-state index in [1.807, 2.05) is 0 Å². The van der Waals surface area contributed by atoms with Crippen LogP contribution < -0.4 is 9.64 Å². The van der Waals surface area contributed by atoms with Crippen molar-refractivity contribution in [3.8, 4) is 5.75 Å². The van der Waals surface area contributed by atoms with Crippen LogP contribution in [0, 0.1) is 6.92 Å². The smallest absolute Gasteiger partial charge is 0.121 e. The molecule has 1 fully saturated rings. The molecule has 1 saturated carbocycles. The molecule has 18 heavy (non-hydrogen) atoms. The average molecular weight is 248 g/mol. The third-order valence-electron chi connectivity index (χ3n) is 4.24. The van der Waals surface area contributed by atoms with Gasteiger partial charge in [-0.25, -0.2) is 0 Å². The largest absolute Gasteiger partial charge is 0.496 e. The Morgan fingerprint density at radius 1 is 1.22 bits per heavy atom. The van der Waals surface area contributed by atoms with Gasteiger partial charge in [-0.05, 0) is 56.4 Å². The molecule has 2 nitrogen and oxygen atoms in total. The van der Waals surface area contributed by atoms with Crippen LogP contribution in [-0.2, 0) is 6.54 Å². The summed E-state index contributed by atoms with van der Waals surface area (Å²) in [5.74, 6) is 0.995. The Bertz CT molecular complexity index is 383. The maximum Gasteiger partial charge on any atom is 0.121 e. The number of hydrogen-bond donors (Lipinski definition) is 1. The lowest BCUT2D eigenvalue weighted by Gasteiger charge is -2.28. The molecule has 1 unspecified atom stereocenters. The molecule has 0 bridgehead atoms. The number of methoxy groups -OCH3 is 1. The van der Waals surface area contributed by atoms with Gasteiger partial charge in [-0.3, -0.25) is 0 Å². The Balaban J connectivity index is 1.97. The average Bonchev–Trinajstić information content (AvgIpc) is 2.40. The van der Waals surface area contributed by atoms with Crippen LogP contribution >= 0.6 is 0 Å². The normalized spacial score (nSPS) is 18.6. The van der Waals surface area contributed by atoms with Crippen LogP contribution in [0.15, 0.2) is 18.2 Å². The lowest BCUT2D eigenvalue weighted by Crippen LogP contribution is -3.11. The maximum absolute atomic E-state index is 5.31. The van der Waals surface area contributed by atoms with E-state index in [-0.39, 0.29) is 0 Å². The molecular formula is C16H26NO+. The summed E-state index contributed by atoms with van der Waals surface area (Å²) in [7, 11) is 4.08. The highest BCUT2D eigenvalue weighted by Gasteiger charge is 2.21. The summed E-state index contributed by atoms with van der Waals surface area (Å²) in [4.78, 5) is 1.67. The lowest BCUT2D eigenvalue weighted by atomic mass is 9.94. The Kier molecular flexibility index (Phi) is 4.65. The van der Waals surface area contributed by atoms with Crippen molar-refractivity contribution in [1.82, 2.24) is 0 Å². The van der Waals surface area contributed by atoms with E-state index >= 15 is 0 Å². The van der Waals surface area contributed by atoms with E-state index in [1.165, 1.54) is 43.2 Å². The summed E-state index contributed by atoms with van der Waals surface area (Å²) in [6, 6.07) is 7.43. The van der Waals surface area contributed by atoms with Gasteiger partial charge in [-0.1, -0.05) is 6.42 Å². The second kappa shape index (κ2) is 6.24. The van der Waals surface area contributed by atoms with Gasteiger partial charge in [-0.15, -0.1) is 0 Å². The van der Waals surface area contributed by atoms with E-state index in [0.29, 0.717) is 0 Å². The minimum atomic E-state index is 0.862. The molecule has 0 spiro atoms. The second-order valence-electron chi connectivity index (χ2n) is 5.66. The zero-order chi connectivity index (χ0) is 13.0. The summed E-state index contributed by atoms with van der Waals surface area (Å²) >= 11 is 0. The maximum atomic E-state index is 5.31. The van der Waals surface area contributed by atoms with Crippen LogP contribution in [0.1, 0.15) is 43.2 Å². The molecule has 2 rings (SSSR count). The Morgan fingerprint density at radius 3 is 2.56 bits per heavy atom. The molecule has 2 heteroatoms. The Hall–Kier alpha value is -1.02. The van der Waals surface area contributed by atoms with E-state index in [9.17, 15) is 0 Å². The highest BCUT2D eigenvalue weighted by Crippen LogP contribution is 2.19. The monoisotopic (exact) mass is 248 g/mol. The minimum Gasteiger partial charge on any atom is -0.496 e. The van der Waals surface area contributed by atoms with E-state index in [4.69, 9.17) is 4.74 Å². The van der Waals surface area contributed by atoms with Crippen molar-refractivity contribution in [3.63, 3.8) is 0 Å². The van der Waals surface area contributed by atoms with E-state index in [2.05, 4.69) is 32.2 Å². The van der Waals surface area contributed by atoms with Crippen LogP contribution in [0.2, 0.25) is 0 Å². The quantitative estimate of drug-likeness (QED) is 0.863. The second-order valence-corrected chi connectivity index (χ2v) is 5.66. The van der Waals surface area contributed by atoms with Gasteiger partial charge in [0.2, 0.25) is 0 Å². The minimum absolute atomic E-state index is 0.862. The molecule has 0 aromatic heterocycles. The van der Waals surface area contributed by atoms with Crippen molar-refractivity contribution in [3.05, 3.63) is 29.3 Å². The van der Waals surface area contributed by atoms with Gasteiger partial charge in [0.25, 0.3) is 0 Å². The molecular weight excluding hydrogens is 222 g/mol. The number of hydrogen-bond acceptors (Lipinski definition) is 1. The van der Waals surface area contributed by atoms with Crippen molar-refractivity contribution in [2.24, 2.45) is 0 Å². The van der Waals surface area contributed by atoms with Gasteiger partial charge >= 0.3 is 0 Å². The van der Waals surface area contributed by atoms with Gasteiger partial charge in [0, 0.05) is 5.56 Å². The predicted molar refractivity (Wildman–Crippen MR) is 75.2 cm³/mol. The molecule has 0 saturated heterocycles. The molecule has 0 amide bonds. The molecule has 1 aromatic carbocycles. The molecule has 1 atom stereocenters. The first-order valence-electron chi connectivity index (χ1n) is 7.16. The molecule has 1 aliphatic carbocycles. The van der Waals surface area contributed by atoms with Crippen molar-refractivity contribution in [2.75, 3.05) is 14.2 Å². The van der Waals surface area contributed by atoms with Crippen LogP contribution in [0.25, 0.3) is 0 Å². The number of rotatable bonds is 4. The first kappa shape index (κ1) is 13.4. The van der Waals surface area contributed by atoms with E-state index in [0.717, 1.165) is 18.3 Å². The fourth-order valence-corrected chi connectivity index (χ4v) is 3.11. The topological polar surface area (TPSA) is 13.7 Å². The first-order chi connectivity index (χ1) is 8.70. The van der Waals surface area contributed by atoms with Crippen molar-refractivity contribution < 1.29 is 9.64 Å². The van der Waals surface area contributed by atoms with Crippen LogP contribution in [-0.4, -0.2) is 20.2 Å². The first-order valence-corrected chi connectivity index (χ1v) is 7.16. The standard InChI is InChI=1S/C16H25NO/c1-13-11-14(9-10-16(13)18-3)12-17(2)15-7-5-4-6-8-15/h9-11,15H,4-8,12H2,1-3H3/p+1. The SMILES string of the molecule is COc1ccc(C[NH+](C)C2CCCCC2)cc1C. The number of benzene rings is 1. The molecule has 0 radical (unpaired) electrons. The summed E-state index contributed by atoms with van der Waals surface area (Å²) in [5, 5.41) is 0.